The maximum atomic E-state index is 14.4. The number of carbonyl (C=O) groups is 1. The molecule has 1 N–H and O–H groups in total. The quantitative estimate of drug-likeness (QED) is 0.250. The summed E-state index contributed by atoms with van der Waals surface area (Å²) in [5.74, 6) is -3.45. The summed E-state index contributed by atoms with van der Waals surface area (Å²) in [4.78, 5) is 17.1. The van der Waals surface area contributed by atoms with Crippen molar-refractivity contribution in [2.24, 2.45) is 0 Å². The van der Waals surface area contributed by atoms with Gasteiger partial charge in [0.1, 0.15) is 5.82 Å². The summed E-state index contributed by atoms with van der Waals surface area (Å²) < 4.78 is 70.2. The number of pyridine rings is 1. The van der Waals surface area contributed by atoms with Gasteiger partial charge in [-0.25, -0.2) is 22.5 Å². The predicted molar refractivity (Wildman–Crippen MR) is 123 cm³/mol. The summed E-state index contributed by atoms with van der Waals surface area (Å²) in [5, 5.41) is 2.41. The second kappa shape index (κ2) is 9.15. The smallest absolute Gasteiger partial charge is 0.264 e. The van der Waals surface area contributed by atoms with Crippen molar-refractivity contribution >= 4 is 11.4 Å². The molecule has 36 heavy (non-hydrogen) atoms. The zero-order valence-electron chi connectivity index (χ0n) is 18.2. The lowest BCUT2D eigenvalue weighted by Crippen LogP contribution is -2.23. The van der Waals surface area contributed by atoms with Crippen molar-refractivity contribution in [3.63, 3.8) is 0 Å². The van der Waals surface area contributed by atoms with Gasteiger partial charge in [-0.2, -0.15) is 4.39 Å². The monoisotopic (exact) mass is 491 g/mol. The lowest BCUT2D eigenvalue weighted by molar-refractivity contribution is 0.0953. The first-order valence-electron chi connectivity index (χ1n) is 10.6. The molecule has 0 saturated heterocycles. The number of imidazole rings is 1. The molecular formula is C27H14F5N3O. The van der Waals surface area contributed by atoms with E-state index >= 15 is 0 Å². The molecule has 0 unspecified atom stereocenters. The molecule has 2 heterocycles. The topological polar surface area (TPSA) is 46.4 Å². The summed E-state index contributed by atoms with van der Waals surface area (Å²) in [5.41, 5.74) is 5.19. The molecule has 5 rings (SSSR count). The standard InChI is InChI=1S/C27H14F5N3O/c28-16-7-9-17(10-8-16)34-27(36)21-13-15(6-11-19(21)25(31)32)18-4-2-12-35-23(18)14-33-26(35)20-3-1-5-22(29)24(20)30/h1-7,9,11-14,25H,(H,34,36). The summed E-state index contributed by atoms with van der Waals surface area (Å²) in [6.45, 7) is 0. The van der Waals surface area contributed by atoms with Gasteiger partial charge in [0, 0.05) is 22.9 Å². The highest BCUT2D eigenvalue weighted by Gasteiger charge is 2.21. The number of alkyl halides is 2. The molecule has 1 aliphatic rings. The Labute approximate surface area is 201 Å². The van der Waals surface area contributed by atoms with Gasteiger partial charge in [0.25, 0.3) is 12.3 Å². The summed E-state index contributed by atoms with van der Waals surface area (Å²) in [6, 6.07) is 10.9. The van der Waals surface area contributed by atoms with E-state index in [0.29, 0.717) is 16.6 Å². The van der Waals surface area contributed by atoms with Crippen LogP contribution in [0, 0.1) is 11.6 Å². The number of allylic oxidation sites excluding steroid dienone is 3. The molecular weight excluding hydrogens is 477 g/mol. The number of nitrogens with zero attached hydrogens (tertiary/aromatic N) is 2. The lowest BCUT2D eigenvalue weighted by Gasteiger charge is -2.13. The molecule has 2 aromatic carbocycles. The van der Waals surface area contributed by atoms with E-state index in [2.05, 4.69) is 21.8 Å². The van der Waals surface area contributed by atoms with Crippen LogP contribution >= 0.6 is 0 Å². The second-order valence-electron chi connectivity index (χ2n) is 7.76. The maximum absolute atomic E-state index is 14.4. The van der Waals surface area contributed by atoms with Crippen LogP contribution in [0.1, 0.15) is 22.3 Å². The van der Waals surface area contributed by atoms with Gasteiger partial charge < -0.3 is 5.32 Å². The Bertz CT molecular complexity index is 1670. The van der Waals surface area contributed by atoms with Crippen molar-refractivity contribution in [2.75, 3.05) is 0 Å². The van der Waals surface area contributed by atoms with Gasteiger partial charge >= 0.3 is 0 Å². The van der Waals surface area contributed by atoms with Crippen LogP contribution in [-0.2, 0) is 0 Å². The van der Waals surface area contributed by atoms with Gasteiger partial charge in [-0.1, -0.05) is 24.3 Å². The largest absolute Gasteiger partial charge is 0.315 e. The van der Waals surface area contributed by atoms with Crippen molar-refractivity contribution in [1.82, 2.24) is 14.7 Å². The minimum absolute atomic E-state index is 0.0485. The minimum atomic E-state index is -2.93. The first-order chi connectivity index (χ1) is 17.3. The molecule has 4 nitrogen and oxygen atoms in total. The fourth-order valence-electron chi connectivity index (χ4n) is 3.88. The predicted octanol–water partition coefficient (Wildman–Crippen LogP) is 6.68. The average molecular weight is 491 g/mol. The third-order valence-corrected chi connectivity index (χ3v) is 5.57. The van der Waals surface area contributed by atoms with Gasteiger partial charge in [-0.3, -0.25) is 9.20 Å². The van der Waals surface area contributed by atoms with E-state index in [1.54, 1.807) is 18.3 Å². The van der Waals surface area contributed by atoms with Gasteiger partial charge in [0.15, 0.2) is 17.5 Å². The minimum Gasteiger partial charge on any atom is -0.315 e. The van der Waals surface area contributed by atoms with Crippen LogP contribution in [0.2, 0.25) is 0 Å². The Kier molecular flexibility index (Phi) is 5.86. The van der Waals surface area contributed by atoms with Crippen LogP contribution in [0.3, 0.4) is 0 Å². The Hall–Kier alpha value is -4.71. The molecule has 4 aromatic rings. The molecule has 1 aliphatic carbocycles. The van der Waals surface area contributed by atoms with E-state index < -0.39 is 35.4 Å². The lowest BCUT2D eigenvalue weighted by atomic mass is 9.98. The van der Waals surface area contributed by atoms with Crippen LogP contribution in [0.4, 0.5) is 22.0 Å². The third-order valence-electron chi connectivity index (χ3n) is 5.57. The first-order valence-corrected chi connectivity index (χ1v) is 10.6. The number of halogens is 5. The Morgan fingerprint density at radius 2 is 1.78 bits per heavy atom. The van der Waals surface area contributed by atoms with Crippen LogP contribution in [0.15, 0.2) is 96.1 Å². The number of nitrogens with one attached hydrogen (secondary N) is 1. The SMILES string of the molecule is O=C(NC1=C=C=C(F)C=C1)c1cc(-c2cccn3c(-c4cccc(F)c4F)ncc23)ccc1C(F)F. The van der Waals surface area contributed by atoms with Gasteiger partial charge in [-0.05, 0) is 53.4 Å². The highest BCUT2D eigenvalue weighted by Crippen LogP contribution is 2.33. The molecule has 1 amide bonds. The van der Waals surface area contributed by atoms with Crippen LogP contribution in [0.5, 0.6) is 0 Å². The molecule has 0 bridgehead atoms. The molecule has 0 fully saturated rings. The average Bonchev–Trinajstić information content (AvgIpc) is 3.31. The molecule has 0 radical (unpaired) electrons. The van der Waals surface area contributed by atoms with Crippen molar-refractivity contribution in [1.29, 1.82) is 0 Å². The van der Waals surface area contributed by atoms with Crippen molar-refractivity contribution in [3.05, 3.63) is 119 Å². The Morgan fingerprint density at radius 3 is 2.53 bits per heavy atom. The molecule has 9 heteroatoms. The summed E-state index contributed by atoms with van der Waals surface area (Å²) >= 11 is 0. The number of carbonyl (C=O) groups excluding carboxylic acids is 1. The maximum Gasteiger partial charge on any atom is 0.264 e. The van der Waals surface area contributed by atoms with Crippen LogP contribution in [-0.4, -0.2) is 15.3 Å². The molecule has 0 saturated carbocycles. The van der Waals surface area contributed by atoms with E-state index in [0.717, 1.165) is 18.2 Å². The van der Waals surface area contributed by atoms with E-state index in [4.69, 9.17) is 0 Å². The zero-order chi connectivity index (χ0) is 25.4. The van der Waals surface area contributed by atoms with E-state index in [-0.39, 0.29) is 22.6 Å². The number of aromatic nitrogens is 2. The first kappa shape index (κ1) is 23.1. The van der Waals surface area contributed by atoms with Crippen molar-refractivity contribution in [2.45, 2.75) is 6.43 Å². The van der Waals surface area contributed by atoms with Gasteiger partial charge in [0.2, 0.25) is 0 Å². The van der Waals surface area contributed by atoms with E-state index in [1.165, 1.54) is 40.9 Å². The van der Waals surface area contributed by atoms with Crippen molar-refractivity contribution in [3.8, 4) is 22.5 Å². The molecule has 2 aromatic heterocycles. The highest BCUT2D eigenvalue weighted by atomic mass is 19.3. The summed E-state index contributed by atoms with van der Waals surface area (Å²) in [6.07, 6.45) is 2.40. The summed E-state index contributed by atoms with van der Waals surface area (Å²) in [7, 11) is 0. The fraction of sp³-hybridized carbons (Fsp3) is 0.0370. The van der Waals surface area contributed by atoms with Gasteiger partial charge in [0.05, 0.1) is 23.0 Å². The van der Waals surface area contributed by atoms with Crippen LogP contribution in [0.25, 0.3) is 28.0 Å². The normalized spacial score (nSPS) is 12.7. The zero-order valence-corrected chi connectivity index (χ0v) is 18.2. The number of hydrogen-bond acceptors (Lipinski definition) is 2. The number of hydrogen-bond donors (Lipinski definition) is 1. The Morgan fingerprint density at radius 1 is 0.972 bits per heavy atom. The highest BCUT2D eigenvalue weighted by molar-refractivity contribution is 5.99. The fourth-order valence-corrected chi connectivity index (χ4v) is 3.88. The number of rotatable bonds is 5. The van der Waals surface area contributed by atoms with E-state index in [9.17, 15) is 26.7 Å². The van der Waals surface area contributed by atoms with Crippen molar-refractivity contribution < 1.29 is 26.7 Å². The molecule has 0 atom stereocenters. The van der Waals surface area contributed by atoms with Crippen LogP contribution < -0.4 is 5.32 Å². The molecule has 0 aliphatic heterocycles. The third kappa shape index (κ3) is 4.14. The van der Waals surface area contributed by atoms with E-state index in [1.807, 2.05) is 0 Å². The molecule has 178 valence electrons. The number of amides is 1. The Balaban J connectivity index is 1.60. The number of fused-ring (bicyclic) bond motifs is 1. The number of benzene rings is 2. The molecule has 0 spiro atoms. The van der Waals surface area contributed by atoms with Gasteiger partial charge in [-0.15, -0.1) is 0 Å². The second-order valence-corrected chi connectivity index (χ2v) is 7.76.